The maximum Gasteiger partial charge on any atom is 0.389 e. The number of alkyl halides is 3. The van der Waals surface area contributed by atoms with Crippen molar-refractivity contribution in [1.29, 1.82) is 0 Å². The van der Waals surface area contributed by atoms with E-state index in [0.29, 0.717) is 30.8 Å². The van der Waals surface area contributed by atoms with Crippen molar-refractivity contribution in [2.75, 3.05) is 19.7 Å². The zero-order chi connectivity index (χ0) is 27.1. The molecule has 38 heavy (non-hydrogen) atoms. The highest BCUT2D eigenvalue weighted by Gasteiger charge is 2.35. The molecule has 202 valence electrons. The second-order valence-electron chi connectivity index (χ2n) is 10.1. The number of hydrogen-bond acceptors (Lipinski definition) is 4. The molecule has 1 fully saturated rings. The van der Waals surface area contributed by atoms with Gasteiger partial charge in [-0.25, -0.2) is 0 Å². The lowest BCUT2D eigenvalue weighted by atomic mass is 9.82. The Hall–Kier alpha value is -3.39. The predicted octanol–water partition coefficient (Wildman–Crippen LogP) is 6.71. The van der Waals surface area contributed by atoms with Crippen LogP contribution in [0.3, 0.4) is 0 Å². The molecule has 0 saturated carbocycles. The third-order valence-electron chi connectivity index (χ3n) is 7.18. The molecule has 1 aliphatic carbocycles. The fourth-order valence-electron chi connectivity index (χ4n) is 5.09. The van der Waals surface area contributed by atoms with Crippen LogP contribution < -0.4 is 0 Å². The van der Waals surface area contributed by atoms with Crippen molar-refractivity contribution in [3.63, 3.8) is 0 Å². The smallest absolute Gasteiger partial charge is 0.389 e. The Morgan fingerprint density at radius 2 is 1.84 bits per heavy atom. The lowest BCUT2D eigenvalue weighted by Crippen LogP contribution is -2.38. The number of carboxylic acid groups (broad SMARTS) is 1. The molecule has 0 radical (unpaired) electrons. The molecule has 1 heterocycles. The Morgan fingerprint density at radius 3 is 2.53 bits per heavy atom. The van der Waals surface area contributed by atoms with Crippen LogP contribution in [0, 0.1) is 11.8 Å². The van der Waals surface area contributed by atoms with Crippen molar-refractivity contribution < 1.29 is 27.9 Å². The summed E-state index contributed by atoms with van der Waals surface area (Å²) in [4.78, 5) is 19.0. The molecule has 0 bridgehead atoms. The fraction of sp³-hybridized carbons (Fsp3) is 0.400. The highest BCUT2D eigenvalue weighted by molar-refractivity contribution is 5.98. The summed E-state index contributed by atoms with van der Waals surface area (Å²) in [5, 5.41) is 13.5. The summed E-state index contributed by atoms with van der Waals surface area (Å²) < 4.78 is 39.9. The minimum Gasteiger partial charge on any atom is -0.481 e. The van der Waals surface area contributed by atoms with Crippen molar-refractivity contribution in [2.24, 2.45) is 17.0 Å². The number of rotatable bonds is 9. The van der Waals surface area contributed by atoms with Crippen molar-refractivity contribution in [3.05, 3.63) is 89.0 Å². The van der Waals surface area contributed by atoms with Gasteiger partial charge in [0.2, 0.25) is 0 Å². The van der Waals surface area contributed by atoms with Gasteiger partial charge in [0, 0.05) is 13.1 Å². The number of benzene rings is 2. The Balaban J connectivity index is 1.36. The maximum absolute atomic E-state index is 13.3. The quantitative estimate of drug-likeness (QED) is 0.292. The van der Waals surface area contributed by atoms with E-state index in [1.807, 2.05) is 60.7 Å². The van der Waals surface area contributed by atoms with Crippen molar-refractivity contribution >= 4 is 17.3 Å². The molecule has 2 atom stereocenters. The van der Waals surface area contributed by atoms with E-state index >= 15 is 0 Å². The van der Waals surface area contributed by atoms with Gasteiger partial charge in [0.1, 0.15) is 6.61 Å². The molecule has 1 aliphatic heterocycles. The molecule has 1 saturated heterocycles. The van der Waals surface area contributed by atoms with Gasteiger partial charge in [-0.1, -0.05) is 71.9 Å². The number of oxime groups is 1. The molecular formula is C30H33F3N2O3. The number of hydrogen-bond donors (Lipinski definition) is 1. The first-order valence-corrected chi connectivity index (χ1v) is 12.9. The molecule has 2 unspecified atom stereocenters. The summed E-state index contributed by atoms with van der Waals surface area (Å²) in [5.74, 6) is -1.75. The third-order valence-corrected chi connectivity index (χ3v) is 7.18. The lowest BCUT2D eigenvalue weighted by Gasteiger charge is -2.30. The molecule has 2 aliphatic rings. The third kappa shape index (κ3) is 7.81. The number of allylic oxidation sites excluding steroid dienone is 3. The highest BCUT2D eigenvalue weighted by Crippen LogP contribution is 2.38. The molecule has 2 aromatic rings. The van der Waals surface area contributed by atoms with Gasteiger partial charge in [0.25, 0.3) is 0 Å². The topological polar surface area (TPSA) is 62.1 Å². The van der Waals surface area contributed by atoms with Gasteiger partial charge in [-0.05, 0) is 66.5 Å². The normalized spacial score (nSPS) is 21.0. The monoisotopic (exact) mass is 526 g/mol. The van der Waals surface area contributed by atoms with Gasteiger partial charge in [0.05, 0.1) is 18.1 Å². The van der Waals surface area contributed by atoms with Crippen LogP contribution in [0.1, 0.15) is 49.3 Å². The summed E-state index contributed by atoms with van der Waals surface area (Å²) in [6, 6.07) is 17.3. The van der Waals surface area contributed by atoms with E-state index in [-0.39, 0.29) is 12.5 Å². The van der Waals surface area contributed by atoms with Crippen LogP contribution >= 0.6 is 0 Å². The largest absolute Gasteiger partial charge is 0.481 e. The van der Waals surface area contributed by atoms with Gasteiger partial charge in [-0.2, -0.15) is 13.2 Å². The lowest BCUT2D eigenvalue weighted by molar-refractivity contribution is -0.144. The Bertz CT molecular complexity index is 1190. The van der Waals surface area contributed by atoms with Crippen molar-refractivity contribution in [3.8, 4) is 0 Å². The average Bonchev–Trinajstić information content (AvgIpc) is 2.89. The standard InChI is InChI=1S/C30H33F3N2O3/c1-21(23-11-9-22(10-12-23)18-35-15-5-8-26(19-35)29(36)37)34-38-20-27-14-13-25(24-6-3-2-4-7-24)16-28(27)17-30(31,32)33/h2-4,6-7,9-14,26,28H,5,8,15-20H2,1H3,(H,36,37)/b34-21-. The second-order valence-corrected chi connectivity index (χ2v) is 10.1. The van der Waals surface area contributed by atoms with Crippen LogP contribution in [0.5, 0.6) is 0 Å². The summed E-state index contributed by atoms with van der Waals surface area (Å²) in [5.41, 5.74) is 4.95. The number of likely N-dealkylation sites (tertiary alicyclic amines) is 1. The summed E-state index contributed by atoms with van der Waals surface area (Å²) in [6.07, 6.45) is 0.329. The molecule has 8 heteroatoms. The van der Waals surface area contributed by atoms with Crippen LogP contribution in [0.15, 0.2) is 77.5 Å². The van der Waals surface area contributed by atoms with Crippen LogP contribution in [-0.4, -0.2) is 47.6 Å². The van der Waals surface area contributed by atoms with Gasteiger partial charge in [-0.3, -0.25) is 9.69 Å². The molecule has 0 spiro atoms. The second kappa shape index (κ2) is 12.4. The number of carbonyl (C=O) groups is 1. The molecule has 1 N–H and O–H groups in total. The van der Waals surface area contributed by atoms with E-state index in [1.165, 1.54) is 0 Å². The summed E-state index contributed by atoms with van der Waals surface area (Å²) >= 11 is 0. The van der Waals surface area contributed by atoms with Crippen LogP contribution in [-0.2, 0) is 16.2 Å². The first-order valence-electron chi connectivity index (χ1n) is 12.9. The minimum atomic E-state index is -4.27. The van der Waals surface area contributed by atoms with E-state index in [9.17, 15) is 23.1 Å². The Morgan fingerprint density at radius 1 is 1.11 bits per heavy atom. The minimum absolute atomic E-state index is 0.00551. The van der Waals surface area contributed by atoms with E-state index in [4.69, 9.17) is 4.84 Å². The Labute approximate surface area is 221 Å². The average molecular weight is 527 g/mol. The molecule has 0 amide bonds. The highest BCUT2D eigenvalue weighted by atomic mass is 19.4. The molecule has 5 nitrogen and oxygen atoms in total. The number of carboxylic acids is 1. The van der Waals surface area contributed by atoms with Gasteiger partial charge >= 0.3 is 12.1 Å². The maximum atomic E-state index is 13.3. The van der Waals surface area contributed by atoms with E-state index in [1.54, 1.807) is 13.0 Å². The number of halogens is 3. The predicted molar refractivity (Wildman–Crippen MR) is 142 cm³/mol. The summed E-state index contributed by atoms with van der Waals surface area (Å²) in [6.45, 7) is 3.91. The molecule has 4 rings (SSSR count). The van der Waals surface area contributed by atoms with Gasteiger partial charge in [-0.15, -0.1) is 0 Å². The molecule has 0 aromatic heterocycles. The van der Waals surface area contributed by atoms with E-state index < -0.39 is 24.5 Å². The van der Waals surface area contributed by atoms with E-state index in [2.05, 4.69) is 10.1 Å². The molecule has 2 aromatic carbocycles. The van der Waals surface area contributed by atoms with E-state index in [0.717, 1.165) is 41.6 Å². The number of piperidine rings is 1. The fourth-order valence-corrected chi connectivity index (χ4v) is 5.09. The van der Waals surface area contributed by atoms with Crippen LogP contribution in [0.2, 0.25) is 0 Å². The van der Waals surface area contributed by atoms with Gasteiger partial charge < -0.3 is 9.94 Å². The van der Waals surface area contributed by atoms with Crippen molar-refractivity contribution in [1.82, 2.24) is 4.90 Å². The molecular weight excluding hydrogens is 493 g/mol. The van der Waals surface area contributed by atoms with Crippen molar-refractivity contribution in [2.45, 2.75) is 45.3 Å². The Kier molecular flexibility index (Phi) is 9.05. The number of nitrogens with zero attached hydrogens (tertiary/aromatic N) is 2. The first kappa shape index (κ1) is 27.6. The van der Waals surface area contributed by atoms with Crippen LogP contribution in [0.4, 0.5) is 13.2 Å². The zero-order valence-electron chi connectivity index (χ0n) is 21.5. The van der Waals surface area contributed by atoms with Crippen LogP contribution in [0.25, 0.3) is 5.57 Å². The number of aliphatic carboxylic acids is 1. The van der Waals surface area contributed by atoms with Gasteiger partial charge in [0.15, 0.2) is 0 Å². The zero-order valence-corrected chi connectivity index (χ0v) is 21.5. The SMILES string of the molecule is C/C(=N/OCC1=CC=C(c2ccccc2)CC1CC(F)(F)F)c1ccc(CN2CCCC(C(=O)O)C2)cc1. The first-order chi connectivity index (χ1) is 18.2. The summed E-state index contributed by atoms with van der Waals surface area (Å²) in [7, 11) is 0.